The smallest absolute Gasteiger partial charge is 0.256 e. The van der Waals surface area contributed by atoms with Crippen LogP contribution in [0.5, 0.6) is 5.75 Å². The van der Waals surface area contributed by atoms with E-state index in [1.807, 2.05) is 44.2 Å². The van der Waals surface area contributed by atoms with Gasteiger partial charge in [0.2, 0.25) is 5.91 Å². The van der Waals surface area contributed by atoms with Gasteiger partial charge >= 0.3 is 0 Å². The van der Waals surface area contributed by atoms with Crippen LogP contribution in [0.3, 0.4) is 0 Å². The summed E-state index contributed by atoms with van der Waals surface area (Å²) >= 11 is 0. The number of benzene rings is 2. The quantitative estimate of drug-likeness (QED) is 0.750. The summed E-state index contributed by atoms with van der Waals surface area (Å²) in [6.45, 7) is 6.11. The molecule has 2 aromatic carbocycles. The second-order valence-corrected chi connectivity index (χ2v) is 8.03. The molecular weight excluding hydrogens is 366 g/mol. The highest BCUT2D eigenvalue weighted by atomic mass is 16.5. The first kappa shape index (κ1) is 18.3. The highest BCUT2D eigenvalue weighted by Crippen LogP contribution is 2.54. The van der Waals surface area contributed by atoms with Crippen molar-refractivity contribution in [1.29, 1.82) is 0 Å². The van der Waals surface area contributed by atoms with Gasteiger partial charge in [0, 0.05) is 13.1 Å². The van der Waals surface area contributed by atoms with Gasteiger partial charge < -0.3 is 4.74 Å². The lowest BCUT2D eigenvalue weighted by Gasteiger charge is -2.33. The van der Waals surface area contributed by atoms with E-state index in [4.69, 9.17) is 4.74 Å². The number of ether oxygens (including phenoxy) is 1. The highest BCUT2D eigenvalue weighted by Gasteiger charge is 2.70. The van der Waals surface area contributed by atoms with Gasteiger partial charge in [0.05, 0.1) is 24.3 Å². The second kappa shape index (κ2) is 6.68. The van der Waals surface area contributed by atoms with Gasteiger partial charge in [-0.3, -0.25) is 9.59 Å². The molecule has 3 atom stereocenters. The first-order valence-corrected chi connectivity index (χ1v) is 10.3. The fourth-order valence-corrected chi connectivity index (χ4v) is 5.26. The summed E-state index contributed by atoms with van der Waals surface area (Å²) in [5, 5.41) is 4.38. The number of imide groups is 1. The van der Waals surface area contributed by atoms with E-state index in [9.17, 15) is 9.59 Å². The minimum atomic E-state index is -0.854. The molecule has 0 bridgehead atoms. The maximum absolute atomic E-state index is 13.7. The lowest BCUT2D eigenvalue weighted by molar-refractivity contribution is -0.131. The minimum Gasteiger partial charge on any atom is -0.494 e. The summed E-state index contributed by atoms with van der Waals surface area (Å²) in [7, 11) is 0. The van der Waals surface area contributed by atoms with Crippen molar-refractivity contribution in [3.8, 4) is 5.75 Å². The predicted molar refractivity (Wildman–Crippen MR) is 109 cm³/mol. The summed E-state index contributed by atoms with van der Waals surface area (Å²) in [4.78, 5) is 28.7. The molecule has 5 rings (SSSR count). The molecule has 6 heteroatoms. The Morgan fingerprint density at radius 3 is 2.45 bits per heavy atom. The van der Waals surface area contributed by atoms with Gasteiger partial charge in [0.15, 0.2) is 0 Å². The third-order valence-corrected chi connectivity index (χ3v) is 6.52. The normalized spacial score (nSPS) is 29.4. The average Bonchev–Trinajstić information content (AvgIpc) is 3.36. The van der Waals surface area contributed by atoms with Crippen LogP contribution >= 0.6 is 0 Å². The second-order valence-electron chi connectivity index (χ2n) is 8.03. The van der Waals surface area contributed by atoms with Crippen molar-refractivity contribution < 1.29 is 14.3 Å². The number of hydrazine groups is 1. The van der Waals surface area contributed by atoms with E-state index in [2.05, 4.69) is 22.2 Å². The third kappa shape index (κ3) is 2.49. The number of carbonyl (C=O) groups excluding carboxylic acids is 2. The van der Waals surface area contributed by atoms with E-state index < -0.39 is 11.5 Å². The van der Waals surface area contributed by atoms with E-state index in [1.165, 1.54) is 4.90 Å². The number of carbonyl (C=O) groups is 2. The number of amides is 2. The van der Waals surface area contributed by atoms with Crippen LogP contribution in [0.1, 0.15) is 31.9 Å². The number of nitrogens with zero attached hydrogens (tertiary/aromatic N) is 3. The maximum Gasteiger partial charge on any atom is 0.256 e. The first-order chi connectivity index (χ1) is 14.1. The van der Waals surface area contributed by atoms with Gasteiger partial charge in [-0.15, -0.1) is 0 Å². The van der Waals surface area contributed by atoms with Crippen LogP contribution in [0.25, 0.3) is 0 Å². The Hall–Kier alpha value is -2.70. The summed E-state index contributed by atoms with van der Waals surface area (Å²) in [5.74, 6) is 0.0470. The first-order valence-electron chi connectivity index (χ1n) is 10.3. The Kier molecular flexibility index (Phi) is 4.22. The van der Waals surface area contributed by atoms with Crippen molar-refractivity contribution in [2.75, 3.05) is 24.6 Å². The Labute approximate surface area is 170 Å². The molecule has 0 N–H and O–H groups in total. The fourth-order valence-electron chi connectivity index (χ4n) is 5.26. The van der Waals surface area contributed by atoms with Crippen LogP contribution < -0.4 is 9.64 Å². The van der Waals surface area contributed by atoms with Crippen LogP contribution in [0.4, 0.5) is 5.69 Å². The van der Waals surface area contributed by atoms with E-state index in [0.29, 0.717) is 12.3 Å². The van der Waals surface area contributed by atoms with Crippen molar-refractivity contribution in [3.63, 3.8) is 0 Å². The predicted octanol–water partition coefficient (Wildman–Crippen LogP) is 3.01. The summed E-state index contributed by atoms with van der Waals surface area (Å²) < 4.78 is 5.50. The van der Waals surface area contributed by atoms with Crippen molar-refractivity contribution in [2.24, 2.45) is 5.92 Å². The van der Waals surface area contributed by atoms with Gasteiger partial charge in [-0.2, -0.15) is 0 Å². The molecule has 3 aliphatic heterocycles. The summed E-state index contributed by atoms with van der Waals surface area (Å²) in [6.07, 6.45) is 0.996. The van der Waals surface area contributed by atoms with Gasteiger partial charge in [-0.25, -0.2) is 14.9 Å². The summed E-state index contributed by atoms with van der Waals surface area (Å²) in [6, 6.07) is 17.2. The van der Waals surface area contributed by atoms with Crippen LogP contribution in [-0.4, -0.2) is 47.1 Å². The number of anilines is 1. The number of rotatable bonds is 4. The van der Waals surface area contributed by atoms with E-state index in [1.54, 1.807) is 12.1 Å². The lowest BCUT2D eigenvalue weighted by Crippen LogP contribution is -2.52. The molecule has 0 aliphatic carbocycles. The molecule has 29 heavy (non-hydrogen) atoms. The molecule has 0 spiro atoms. The number of hydrogen-bond donors (Lipinski definition) is 0. The number of hydrogen-bond acceptors (Lipinski definition) is 5. The average molecular weight is 391 g/mol. The van der Waals surface area contributed by atoms with E-state index in [-0.39, 0.29) is 17.9 Å². The molecule has 3 aliphatic rings. The minimum absolute atomic E-state index is 0.118. The maximum atomic E-state index is 13.7. The van der Waals surface area contributed by atoms with Crippen LogP contribution in [0.2, 0.25) is 0 Å². The molecule has 2 aromatic rings. The van der Waals surface area contributed by atoms with Crippen LogP contribution in [-0.2, 0) is 9.59 Å². The molecule has 0 aromatic heterocycles. The largest absolute Gasteiger partial charge is 0.494 e. The molecule has 3 fully saturated rings. The zero-order chi connectivity index (χ0) is 20.2. The van der Waals surface area contributed by atoms with E-state index >= 15 is 0 Å². The van der Waals surface area contributed by atoms with Gasteiger partial charge in [0.25, 0.3) is 5.91 Å². The van der Waals surface area contributed by atoms with Crippen LogP contribution in [0, 0.1) is 5.92 Å². The van der Waals surface area contributed by atoms with E-state index in [0.717, 1.165) is 30.8 Å². The lowest BCUT2D eigenvalue weighted by atomic mass is 9.81. The Morgan fingerprint density at radius 1 is 1.03 bits per heavy atom. The zero-order valence-corrected chi connectivity index (χ0v) is 16.7. The standard InChI is InChI=1S/C23H25N3O3/c1-3-29-18-12-10-17(11-13-18)26-21(27)19-20(16-8-5-4-6-9-16)24-14-7-15-25(24)23(19,2)22(26)28/h4-6,8-13,19-20H,3,7,14-15H2,1-2H3/t19-,20-,23-/m0/s1. The fraction of sp³-hybridized carbons (Fsp3) is 0.391. The van der Waals surface area contributed by atoms with Crippen LogP contribution in [0.15, 0.2) is 54.6 Å². The Bertz CT molecular complexity index is 946. The number of fused-ring (bicyclic) bond motifs is 3. The monoisotopic (exact) mass is 391 g/mol. The topological polar surface area (TPSA) is 53.1 Å². The SMILES string of the molecule is CCOc1ccc(N2C(=O)[C@@H]3[C@H](c4ccccc4)N4CCCN4[C@]3(C)C2=O)cc1. The summed E-state index contributed by atoms with van der Waals surface area (Å²) in [5.41, 5.74) is 0.839. The van der Waals surface area contributed by atoms with Gasteiger partial charge in [0.1, 0.15) is 11.3 Å². The van der Waals surface area contributed by atoms with Crippen molar-refractivity contribution in [3.05, 3.63) is 60.2 Å². The van der Waals surface area contributed by atoms with Gasteiger partial charge in [-0.05, 0) is 50.1 Å². The molecule has 6 nitrogen and oxygen atoms in total. The van der Waals surface area contributed by atoms with Gasteiger partial charge in [-0.1, -0.05) is 30.3 Å². The Balaban J connectivity index is 1.57. The molecule has 0 radical (unpaired) electrons. The van der Waals surface area contributed by atoms with Crippen molar-refractivity contribution in [2.45, 2.75) is 31.8 Å². The molecule has 3 heterocycles. The molecule has 2 amide bonds. The molecular formula is C23H25N3O3. The molecule has 0 unspecified atom stereocenters. The van der Waals surface area contributed by atoms with Crippen molar-refractivity contribution >= 4 is 17.5 Å². The molecule has 3 saturated heterocycles. The molecule has 150 valence electrons. The highest BCUT2D eigenvalue weighted by molar-refractivity contribution is 6.26. The Morgan fingerprint density at radius 2 is 1.76 bits per heavy atom. The van der Waals surface area contributed by atoms with Crippen molar-refractivity contribution in [1.82, 2.24) is 10.0 Å². The zero-order valence-electron chi connectivity index (χ0n) is 16.7. The molecule has 0 saturated carbocycles. The third-order valence-electron chi connectivity index (χ3n) is 6.52.